The molecule has 6 heteroatoms. The van der Waals surface area contributed by atoms with Gasteiger partial charge in [0.05, 0.1) is 0 Å². The fourth-order valence-electron chi connectivity index (χ4n) is 0.349. The van der Waals surface area contributed by atoms with Crippen molar-refractivity contribution in [3.05, 3.63) is 0 Å². The summed E-state index contributed by atoms with van der Waals surface area (Å²) in [7, 11) is 0. The van der Waals surface area contributed by atoms with Crippen molar-refractivity contribution in [1.29, 1.82) is 0 Å². The Morgan fingerprint density at radius 1 is 0.667 bits per heavy atom. The summed E-state index contributed by atoms with van der Waals surface area (Å²) >= 11 is 0. The number of halogens is 3. The van der Waals surface area contributed by atoms with Gasteiger partial charge >= 0.3 is 19.6 Å². The van der Waals surface area contributed by atoms with Crippen LogP contribution in [0, 0.1) is 0 Å². The molecule has 0 amide bonds. The van der Waals surface area contributed by atoms with Gasteiger partial charge in [-0.25, -0.2) is 0 Å². The molecule has 1 rings (SSSR count). The van der Waals surface area contributed by atoms with Crippen molar-refractivity contribution >= 4 is 0 Å². The fraction of sp³-hybridized carbons (Fsp3) is 1.00. The second kappa shape index (κ2) is 2.51. The Hall–Kier alpha value is -0.330. The van der Waals surface area contributed by atoms with E-state index >= 15 is 0 Å². The van der Waals surface area contributed by atoms with Crippen LogP contribution in [0.3, 0.4) is 0 Å². The maximum Gasteiger partial charge on any atom is 0.317 e. The van der Waals surface area contributed by atoms with Gasteiger partial charge in [-0.2, -0.15) is 13.2 Å². The monoisotopic (exact) mass is 144 g/mol. The summed E-state index contributed by atoms with van der Waals surface area (Å²) in [6, 6.07) is 0. The molecule has 54 valence electrons. The second-order valence-electron chi connectivity index (χ2n) is 1.23. The van der Waals surface area contributed by atoms with Gasteiger partial charge in [0.25, 0.3) is 0 Å². The minimum absolute atomic E-state index is 2.39. The van der Waals surface area contributed by atoms with Crippen LogP contribution in [0.1, 0.15) is 0 Å². The van der Waals surface area contributed by atoms with Crippen LogP contribution in [0.15, 0.2) is 0 Å². The van der Waals surface area contributed by atoms with Crippen LogP contribution in [-0.4, -0.2) is 19.6 Å². The zero-order chi connectivity index (χ0) is 6.85. The molecule has 0 aliphatic carbocycles. The number of hydrogen-bond donors (Lipinski definition) is 0. The molecule has 1 fully saturated rings. The van der Waals surface area contributed by atoms with Crippen LogP contribution in [0.25, 0.3) is 0 Å². The lowest BCUT2D eigenvalue weighted by atomic mass is 11.1. The maximum absolute atomic E-state index is 11.7. The predicted molar refractivity (Wildman–Crippen MR) is 17.9 cm³/mol. The lowest BCUT2D eigenvalue weighted by molar-refractivity contribution is -0.470. The first-order chi connectivity index (χ1) is 4.18. The van der Waals surface area contributed by atoms with Gasteiger partial charge < -0.3 is 0 Å². The van der Waals surface area contributed by atoms with E-state index in [1.165, 1.54) is 0 Å². The van der Waals surface area contributed by atoms with E-state index in [1.54, 1.807) is 0 Å². The van der Waals surface area contributed by atoms with Gasteiger partial charge in [-0.05, 0) is 0 Å². The molecule has 0 bridgehead atoms. The molecule has 0 spiro atoms. The summed E-state index contributed by atoms with van der Waals surface area (Å²) in [5, 5.41) is 0. The lowest BCUT2D eigenvalue weighted by Crippen LogP contribution is -2.33. The minimum Gasteiger partial charge on any atom is -0.267 e. The largest absolute Gasteiger partial charge is 0.317 e. The first-order valence-corrected chi connectivity index (χ1v) is 2.07. The topological polar surface area (TPSA) is 27.7 Å². The van der Waals surface area contributed by atoms with Gasteiger partial charge in [-0.1, -0.05) is 0 Å². The van der Waals surface area contributed by atoms with E-state index in [1.807, 2.05) is 0 Å². The molecule has 0 N–H and O–H groups in total. The molecule has 0 atom stereocenters. The Morgan fingerprint density at radius 2 is 0.889 bits per heavy atom. The van der Waals surface area contributed by atoms with E-state index in [-0.39, 0.29) is 0 Å². The van der Waals surface area contributed by atoms with Crippen LogP contribution < -0.4 is 0 Å². The second-order valence-corrected chi connectivity index (χ2v) is 1.23. The molecule has 9 heavy (non-hydrogen) atoms. The zero-order valence-electron chi connectivity index (χ0n) is 4.09. The van der Waals surface area contributed by atoms with E-state index in [0.29, 0.717) is 0 Å². The van der Waals surface area contributed by atoms with E-state index in [9.17, 15) is 13.2 Å². The average molecular weight is 144 g/mol. The number of alkyl halides is 3. The average Bonchev–Trinajstić information content (AvgIpc) is 1.59. The van der Waals surface area contributed by atoms with Gasteiger partial charge in [0, 0.05) is 0 Å². The van der Waals surface area contributed by atoms with E-state index in [4.69, 9.17) is 0 Å². The van der Waals surface area contributed by atoms with Crippen molar-refractivity contribution < 1.29 is 27.4 Å². The van der Waals surface area contributed by atoms with Crippen LogP contribution in [0.2, 0.25) is 0 Å². The van der Waals surface area contributed by atoms with Crippen molar-refractivity contribution in [1.82, 2.24) is 0 Å². The number of hydrogen-bond acceptors (Lipinski definition) is 3. The van der Waals surface area contributed by atoms with Gasteiger partial charge in [-0.15, -0.1) is 0 Å². The molecule has 0 radical (unpaired) electrons. The third-order valence-corrected chi connectivity index (χ3v) is 0.642. The van der Waals surface area contributed by atoms with Crippen molar-refractivity contribution in [2.75, 3.05) is 0 Å². The summed E-state index contributed by atoms with van der Waals surface area (Å²) in [5.41, 5.74) is 0. The highest BCUT2D eigenvalue weighted by atomic mass is 19.2. The fourth-order valence-corrected chi connectivity index (χ4v) is 0.349. The molecule has 1 aliphatic rings. The molecule has 1 heterocycles. The predicted octanol–water partition coefficient (Wildman–Crippen LogP) is 0.809. The molecule has 0 aromatic rings. The summed E-state index contributed by atoms with van der Waals surface area (Å²) in [6.45, 7) is -7.16. The maximum atomic E-state index is 11.7. The van der Waals surface area contributed by atoms with Gasteiger partial charge in [0.2, 0.25) is 0 Å². The molecule has 0 aromatic heterocycles. The van der Waals surface area contributed by atoms with Crippen LogP contribution in [0.5, 0.6) is 0 Å². The highest BCUT2D eigenvalue weighted by Gasteiger charge is 2.29. The normalized spacial score (nSPS) is 45.0. The summed E-state index contributed by atoms with van der Waals surface area (Å²) in [6.07, 6.45) is 0. The summed E-state index contributed by atoms with van der Waals surface area (Å²) in [5.74, 6) is 0. The van der Waals surface area contributed by atoms with Crippen molar-refractivity contribution in [2.24, 2.45) is 0 Å². The highest BCUT2D eigenvalue weighted by molar-refractivity contribution is 4.30. The van der Waals surface area contributed by atoms with Crippen LogP contribution >= 0.6 is 0 Å². The molecule has 1 saturated heterocycles. The number of rotatable bonds is 0. The highest BCUT2D eigenvalue weighted by Crippen LogP contribution is 2.17. The first-order valence-electron chi connectivity index (χ1n) is 2.07. The van der Waals surface area contributed by atoms with Crippen molar-refractivity contribution in [3.8, 4) is 0 Å². The first kappa shape index (κ1) is 6.79. The van der Waals surface area contributed by atoms with Gasteiger partial charge in [0.1, 0.15) is 0 Å². The van der Waals surface area contributed by atoms with Crippen LogP contribution in [0.4, 0.5) is 13.2 Å². The SMILES string of the molecule is FC1OC(F)OC(F)O1. The Morgan fingerprint density at radius 3 is 1.11 bits per heavy atom. The molecule has 0 unspecified atom stereocenters. The molecular formula is C3H3F3O3. The zero-order valence-corrected chi connectivity index (χ0v) is 4.09. The molecular weight excluding hydrogens is 141 g/mol. The molecule has 1 aliphatic heterocycles. The molecule has 3 nitrogen and oxygen atoms in total. The summed E-state index contributed by atoms with van der Waals surface area (Å²) < 4.78 is 45.7. The smallest absolute Gasteiger partial charge is 0.267 e. The Kier molecular flexibility index (Phi) is 1.89. The van der Waals surface area contributed by atoms with E-state index in [2.05, 4.69) is 14.2 Å². The van der Waals surface area contributed by atoms with Crippen LogP contribution in [-0.2, 0) is 14.2 Å². The Bertz CT molecular complexity index is 75.3. The third kappa shape index (κ3) is 1.81. The molecule has 0 saturated carbocycles. The summed E-state index contributed by atoms with van der Waals surface area (Å²) in [4.78, 5) is 0. The van der Waals surface area contributed by atoms with Crippen molar-refractivity contribution in [2.45, 2.75) is 19.6 Å². The quantitative estimate of drug-likeness (QED) is 0.503. The minimum atomic E-state index is -2.39. The van der Waals surface area contributed by atoms with E-state index < -0.39 is 19.6 Å². The van der Waals surface area contributed by atoms with Gasteiger partial charge in [0.15, 0.2) is 0 Å². The standard InChI is InChI=1S/C3H3F3O3/c4-1-7-2(5)9-3(6)8-1/h1-3H. The van der Waals surface area contributed by atoms with E-state index in [0.717, 1.165) is 0 Å². The number of ether oxygens (including phenoxy) is 3. The lowest BCUT2D eigenvalue weighted by Gasteiger charge is -2.22. The van der Waals surface area contributed by atoms with Gasteiger partial charge in [-0.3, -0.25) is 14.2 Å². The Balaban J connectivity index is 2.34. The molecule has 0 aromatic carbocycles. The third-order valence-electron chi connectivity index (χ3n) is 0.642. The Labute approximate surface area is 48.3 Å². The van der Waals surface area contributed by atoms with Crippen molar-refractivity contribution in [3.63, 3.8) is 0 Å².